The van der Waals surface area contributed by atoms with Crippen LogP contribution >= 0.6 is 0 Å². The van der Waals surface area contributed by atoms with Crippen molar-refractivity contribution in [1.82, 2.24) is 19.7 Å². The van der Waals surface area contributed by atoms with E-state index in [1.54, 1.807) is 44.5 Å². The Balaban J connectivity index is 2.06. The van der Waals surface area contributed by atoms with Crippen molar-refractivity contribution in [3.8, 4) is 0 Å². The zero-order valence-corrected chi connectivity index (χ0v) is 19.0. The summed E-state index contributed by atoms with van der Waals surface area (Å²) in [4.78, 5) is 34.0. The quantitative estimate of drug-likeness (QED) is 0.684. The largest absolute Gasteiger partial charge is 0.478 e. The lowest BCUT2D eigenvalue weighted by atomic mass is 10.2. The maximum Gasteiger partial charge on any atom is 0.422 e. The minimum absolute atomic E-state index is 0.155. The van der Waals surface area contributed by atoms with E-state index in [1.807, 2.05) is 6.92 Å². The summed E-state index contributed by atoms with van der Waals surface area (Å²) < 4.78 is 13.2. The predicted octanol–water partition coefficient (Wildman–Crippen LogP) is 4.16. The molecule has 3 rings (SSSR count). The number of nitrogens with zero attached hydrogens (tertiary/aromatic N) is 5. The third-order valence-electron chi connectivity index (χ3n) is 4.61. The maximum absolute atomic E-state index is 13.2. The summed E-state index contributed by atoms with van der Waals surface area (Å²) in [7, 11) is 0. The average molecular weight is 444 g/mol. The van der Waals surface area contributed by atoms with Gasteiger partial charge in [-0.1, -0.05) is 0 Å². The number of amides is 1. The van der Waals surface area contributed by atoms with Gasteiger partial charge in [0.15, 0.2) is 17.9 Å². The molecule has 1 unspecified atom stereocenters. The van der Waals surface area contributed by atoms with E-state index in [0.717, 1.165) is 31.0 Å². The first-order chi connectivity index (χ1) is 15.0. The zero-order chi connectivity index (χ0) is 23.5. The molecule has 0 bridgehead atoms. The molecule has 3 heterocycles. The van der Waals surface area contributed by atoms with Gasteiger partial charge in [-0.15, -0.1) is 0 Å². The Morgan fingerprint density at radius 2 is 1.97 bits per heavy atom. The van der Waals surface area contributed by atoms with E-state index in [-0.39, 0.29) is 17.9 Å². The highest BCUT2D eigenvalue weighted by Gasteiger charge is 2.30. The highest BCUT2D eigenvalue weighted by Crippen LogP contribution is 2.30. The van der Waals surface area contributed by atoms with Gasteiger partial charge in [-0.05, 0) is 60.0 Å². The fourth-order valence-corrected chi connectivity index (χ4v) is 3.31. The second-order valence-corrected chi connectivity index (χ2v) is 8.62. The van der Waals surface area contributed by atoms with Crippen LogP contribution in [0.4, 0.5) is 16.4 Å². The second kappa shape index (κ2) is 9.47. The summed E-state index contributed by atoms with van der Waals surface area (Å²) in [6.45, 7) is 9.61. The summed E-state index contributed by atoms with van der Waals surface area (Å²) in [5, 5.41) is 13.6. The third-order valence-corrected chi connectivity index (χ3v) is 4.61. The molecule has 2 aromatic heterocycles. The molecule has 1 saturated heterocycles. The Hall–Kier alpha value is -3.27. The SMILES string of the molecule is Cc1cc(N(C(=O)OC(C)(C)C)c2cc(C)n(C3CCCCO3)n2)nc(/C=C/C(=O)O)n1. The molecule has 172 valence electrons. The van der Waals surface area contributed by atoms with E-state index in [1.165, 1.54) is 11.0 Å². The molecular weight excluding hydrogens is 414 g/mol. The van der Waals surface area contributed by atoms with Crippen LogP contribution in [0.5, 0.6) is 0 Å². The fourth-order valence-electron chi connectivity index (χ4n) is 3.31. The number of hydrogen-bond acceptors (Lipinski definition) is 7. The molecule has 0 radical (unpaired) electrons. The van der Waals surface area contributed by atoms with Crippen LogP contribution in [0.15, 0.2) is 18.2 Å². The molecule has 1 aliphatic rings. The number of carboxylic acid groups (broad SMARTS) is 1. The number of carboxylic acids is 1. The molecule has 1 fully saturated rings. The molecule has 0 spiro atoms. The van der Waals surface area contributed by atoms with E-state index >= 15 is 0 Å². The smallest absolute Gasteiger partial charge is 0.422 e. The normalized spacial score (nSPS) is 16.8. The van der Waals surface area contributed by atoms with Crippen molar-refractivity contribution in [1.29, 1.82) is 0 Å². The van der Waals surface area contributed by atoms with Gasteiger partial charge in [0.2, 0.25) is 0 Å². The molecule has 1 amide bonds. The minimum atomic E-state index is -1.12. The lowest BCUT2D eigenvalue weighted by Gasteiger charge is -2.26. The fraction of sp³-hybridized carbons (Fsp3) is 0.500. The van der Waals surface area contributed by atoms with Gasteiger partial charge in [-0.3, -0.25) is 0 Å². The van der Waals surface area contributed by atoms with Crippen molar-refractivity contribution in [3.63, 3.8) is 0 Å². The summed E-state index contributed by atoms with van der Waals surface area (Å²) in [5.74, 6) is -0.409. The number of ether oxygens (including phenoxy) is 2. The van der Waals surface area contributed by atoms with Gasteiger partial charge in [0, 0.05) is 36.2 Å². The topological polar surface area (TPSA) is 120 Å². The highest BCUT2D eigenvalue weighted by atomic mass is 16.6. The lowest BCUT2D eigenvalue weighted by molar-refractivity contribution is -0.131. The van der Waals surface area contributed by atoms with Crippen LogP contribution in [0, 0.1) is 13.8 Å². The molecule has 0 saturated carbocycles. The van der Waals surface area contributed by atoms with Crippen molar-refractivity contribution in [2.45, 2.75) is 65.7 Å². The van der Waals surface area contributed by atoms with Gasteiger partial charge in [0.1, 0.15) is 11.4 Å². The summed E-state index contributed by atoms with van der Waals surface area (Å²) in [6, 6.07) is 3.39. The Morgan fingerprint density at radius 1 is 1.22 bits per heavy atom. The van der Waals surface area contributed by atoms with Gasteiger partial charge in [0.05, 0.1) is 0 Å². The Kier molecular flexibility index (Phi) is 6.93. The van der Waals surface area contributed by atoms with Crippen LogP contribution in [0.2, 0.25) is 0 Å². The minimum Gasteiger partial charge on any atom is -0.478 e. The second-order valence-electron chi connectivity index (χ2n) is 8.62. The summed E-state index contributed by atoms with van der Waals surface area (Å²) in [6.07, 6.45) is 4.25. The van der Waals surface area contributed by atoms with Gasteiger partial charge < -0.3 is 14.6 Å². The first-order valence-corrected chi connectivity index (χ1v) is 10.5. The average Bonchev–Trinajstić information content (AvgIpc) is 3.06. The number of aliphatic carboxylic acids is 1. The van der Waals surface area contributed by atoms with Crippen molar-refractivity contribution in [3.05, 3.63) is 35.4 Å². The number of hydrogen-bond donors (Lipinski definition) is 1. The third kappa shape index (κ3) is 5.91. The van der Waals surface area contributed by atoms with Crippen molar-refractivity contribution >= 4 is 29.8 Å². The number of aromatic nitrogens is 4. The van der Waals surface area contributed by atoms with Crippen LogP contribution in [-0.4, -0.2) is 49.1 Å². The van der Waals surface area contributed by atoms with Crippen LogP contribution in [-0.2, 0) is 14.3 Å². The van der Waals surface area contributed by atoms with E-state index in [9.17, 15) is 9.59 Å². The van der Waals surface area contributed by atoms with Crippen LogP contribution in [0.3, 0.4) is 0 Å². The number of carbonyl (C=O) groups excluding carboxylic acids is 1. The van der Waals surface area contributed by atoms with Gasteiger partial charge in [-0.2, -0.15) is 5.10 Å². The monoisotopic (exact) mass is 443 g/mol. The zero-order valence-electron chi connectivity index (χ0n) is 19.0. The molecule has 0 aliphatic carbocycles. The molecule has 2 aromatic rings. The molecule has 32 heavy (non-hydrogen) atoms. The van der Waals surface area contributed by atoms with Gasteiger partial charge in [-0.25, -0.2) is 29.1 Å². The molecular formula is C22H29N5O5. The van der Waals surface area contributed by atoms with E-state index < -0.39 is 17.7 Å². The van der Waals surface area contributed by atoms with Crippen molar-refractivity contribution in [2.75, 3.05) is 11.5 Å². The van der Waals surface area contributed by atoms with Gasteiger partial charge in [0.25, 0.3) is 0 Å². The van der Waals surface area contributed by atoms with Gasteiger partial charge >= 0.3 is 12.1 Å². The summed E-state index contributed by atoms with van der Waals surface area (Å²) in [5.41, 5.74) is 0.644. The first-order valence-electron chi connectivity index (χ1n) is 10.5. The standard InChI is InChI=1S/C22H29N5O5/c1-14-12-17(24-16(23-14)9-10-20(28)29)26(21(30)32-22(3,4)5)18-13-15(2)27(25-18)19-8-6-7-11-31-19/h9-10,12-13,19H,6-8,11H2,1-5H3,(H,28,29)/b10-9+. The maximum atomic E-state index is 13.2. The van der Waals surface area contributed by atoms with Crippen LogP contribution in [0.25, 0.3) is 6.08 Å². The first kappa shape index (κ1) is 23.4. The number of rotatable bonds is 5. The molecule has 10 nitrogen and oxygen atoms in total. The molecule has 10 heteroatoms. The van der Waals surface area contributed by atoms with E-state index in [2.05, 4.69) is 15.1 Å². The predicted molar refractivity (Wildman–Crippen MR) is 118 cm³/mol. The summed E-state index contributed by atoms with van der Waals surface area (Å²) >= 11 is 0. The molecule has 1 atom stereocenters. The van der Waals surface area contributed by atoms with Crippen molar-refractivity contribution in [2.24, 2.45) is 0 Å². The lowest BCUT2D eigenvalue weighted by Crippen LogP contribution is -2.35. The number of anilines is 2. The molecule has 0 aromatic carbocycles. The molecule has 1 aliphatic heterocycles. The Labute approximate surface area is 186 Å². The van der Waals surface area contributed by atoms with Crippen LogP contribution < -0.4 is 4.90 Å². The van der Waals surface area contributed by atoms with Crippen LogP contribution in [0.1, 0.15) is 63.5 Å². The highest BCUT2D eigenvalue weighted by molar-refractivity contribution is 5.94. The Bertz CT molecular complexity index is 1020. The number of carbonyl (C=O) groups is 2. The van der Waals surface area contributed by atoms with E-state index in [4.69, 9.17) is 14.6 Å². The number of aryl methyl sites for hydroxylation is 2. The Morgan fingerprint density at radius 3 is 2.59 bits per heavy atom. The van der Waals surface area contributed by atoms with Crippen molar-refractivity contribution < 1.29 is 24.2 Å². The van der Waals surface area contributed by atoms with E-state index in [0.29, 0.717) is 18.1 Å². The molecule has 1 N–H and O–H groups in total.